The average molecular weight is 280 g/mol. The van der Waals surface area contributed by atoms with Crippen molar-refractivity contribution in [2.75, 3.05) is 0 Å². The van der Waals surface area contributed by atoms with Crippen molar-refractivity contribution in [2.45, 2.75) is 13.3 Å². The molecule has 0 N–H and O–H groups in total. The van der Waals surface area contributed by atoms with Crippen molar-refractivity contribution in [3.05, 3.63) is 52.1 Å². The first kappa shape index (κ1) is 11.1. The quantitative estimate of drug-likeness (QED) is 0.811. The van der Waals surface area contributed by atoms with Gasteiger partial charge in [-0.3, -0.25) is 9.78 Å². The average Bonchev–Trinajstić information content (AvgIpc) is 2.65. The minimum atomic E-state index is 0.0387. The van der Waals surface area contributed by atoms with E-state index in [1.54, 1.807) is 18.5 Å². The number of nitrogens with zero attached hydrogens (tertiary/aromatic N) is 1. The lowest BCUT2D eigenvalue weighted by Gasteiger charge is -1.98. The Labute approximate surface area is 102 Å². The molecule has 0 unspecified atom stereocenters. The zero-order valence-corrected chi connectivity index (χ0v) is 10.3. The first-order valence-corrected chi connectivity index (χ1v) is 5.62. The van der Waals surface area contributed by atoms with Gasteiger partial charge in [0, 0.05) is 23.3 Å². The van der Waals surface area contributed by atoms with E-state index in [1.807, 2.05) is 13.0 Å². The molecule has 0 atom stereocenters. The number of rotatable bonds is 3. The Kier molecular flexibility index (Phi) is 3.19. The molecule has 0 saturated carbocycles. The number of halogens is 1. The number of Topliss-reactive ketones (excluding diaryl/α,β-unsaturated/α-hetero) is 1. The van der Waals surface area contributed by atoms with Crippen LogP contribution in [0.2, 0.25) is 0 Å². The third-order valence-electron chi connectivity index (χ3n) is 2.18. The van der Waals surface area contributed by atoms with Crippen molar-refractivity contribution in [1.82, 2.24) is 4.98 Å². The van der Waals surface area contributed by atoms with Gasteiger partial charge < -0.3 is 4.42 Å². The number of carbonyl (C=O) groups excluding carboxylic acids is 1. The number of furan rings is 1. The van der Waals surface area contributed by atoms with Gasteiger partial charge in [-0.25, -0.2) is 0 Å². The van der Waals surface area contributed by atoms with Crippen molar-refractivity contribution < 1.29 is 9.21 Å². The minimum Gasteiger partial charge on any atom is -0.469 e. The van der Waals surface area contributed by atoms with Crippen molar-refractivity contribution in [3.63, 3.8) is 0 Å². The van der Waals surface area contributed by atoms with E-state index in [0.29, 0.717) is 12.0 Å². The third-order valence-corrected chi connectivity index (χ3v) is 2.61. The van der Waals surface area contributed by atoms with Crippen LogP contribution in [0.1, 0.15) is 21.7 Å². The van der Waals surface area contributed by atoms with Gasteiger partial charge in [-0.15, -0.1) is 0 Å². The summed E-state index contributed by atoms with van der Waals surface area (Å²) in [5, 5.41) is 0. The summed E-state index contributed by atoms with van der Waals surface area (Å²) in [5.41, 5.74) is 1.50. The maximum absolute atomic E-state index is 11.8. The Hall–Kier alpha value is -1.42. The predicted molar refractivity (Wildman–Crippen MR) is 63.4 cm³/mol. The summed E-state index contributed by atoms with van der Waals surface area (Å²) in [7, 11) is 0. The smallest absolute Gasteiger partial charge is 0.170 e. The van der Waals surface area contributed by atoms with E-state index in [1.165, 1.54) is 6.26 Å². The van der Waals surface area contributed by atoms with E-state index in [2.05, 4.69) is 20.9 Å². The molecule has 0 fully saturated rings. The summed E-state index contributed by atoms with van der Waals surface area (Å²) >= 11 is 3.32. The lowest BCUT2D eigenvalue weighted by molar-refractivity contribution is 0.0992. The Morgan fingerprint density at radius 2 is 2.25 bits per heavy atom. The van der Waals surface area contributed by atoms with Gasteiger partial charge in [-0.1, -0.05) is 0 Å². The fraction of sp³-hybridized carbons (Fsp3) is 0.167. The van der Waals surface area contributed by atoms with Crippen LogP contribution < -0.4 is 0 Å². The van der Waals surface area contributed by atoms with Gasteiger partial charge in [0.05, 0.1) is 5.56 Å². The highest BCUT2D eigenvalue weighted by molar-refractivity contribution is 9.10. The second-order valence-electron chi connectivity index (χ2n) is 3.56. The molecule has 0 bridgehead atoms. The summed E-state index contributed by atoms with van der Waals surface area (Å²) < 4.78 is 5.98. The summed E-state index contributed by atoms with van der Waals surface area (Å²) in [4.78, 5) is 15.8. The molecule has 0 aliphatic carbocycles. The molecule has 0 radical (unpaired) electrons. The molecule has 0 spiro atoms. The van der Waals surface area contributed by atoms with Crippen LogP contribution in [0.3, 0.4) is 0 Å². The maximum Gasteiger partial charge on any atom is 0.170 e. The standard InChI is InChI=1S/C12H10BrNO2/c1-8-2-10(7-16-8)12(15)4-9-3-11(13)6-14-5-9/h2-3,5-7H,4H2,1H3. The van der Waals surface area contributed by atoms with E-state index < -0.39 is 0 Å². The van der Waals surface area contributed by atoms with Gasteiger partial charge in [0.1, 0.15) is 12.0 Å². The van der Waals surface area contributed by atoms with Gasteiger partial charge in [0.2, 0.25) is 0 Å². The van der Waals surface area contributed by atoms with Gasteiger partial charge in [0.25, 0.3) is 0 Å². The summed E-state index contributed by atoms with van der Waals surface area (Å²) in [6, 6.07) is 3.63. The normalized spacial score (nSPS) is 10.4. The van der Waals surface area contributed by atoms with Crippen molar-refractivity contribution in [2.24, 2.45) is 0 Å². The highest BCUT2D eigenvalue weighted by atomic mass is 79.9. The van der Waals surface area contributed by atoms with E-state index in [9.17, 15) is 4.79 Å². The first-order valence-electron chi connectivity index (χ1n) is 4.83. The van der Waals surface area contributed by atoms with Gasteiger partial charge in [-0.2, -0.15) is 0 Å². The molecular formula is C12H10BrNO2. The van der Waals surface area contributed by atoms with E-state index >= 15 is 0 Å². The first-order chi connectivity index (χ1) is 7.65. The fourth-order valence-electron chi connectivity index (χ4n) is 1.43. The van der Waals surface area contributed by atoms with Crippen LogP contribution in [0.5, 0.6) is 0 Å². The zero-order chi connectivity index (χ0) is 11.5. The van der Waals surface area contributed by atoms with Crippen molar-refractivity contribution in [3.8, 4) is 0 Å². The molecule has 0 aliphatic rings. The fourth-order valence-corrected chi connectivity index (χ4v) is 1.84. The molecular weight excluding hydrogens is 270 g/mol. The molecule has 2 aromatic rings. The second-order valence-corrected chi connectivity index (χ2v) is 4.47. The number of aromatic nitrogens is 1. The highest BCUT2D eigenvalue weighted by Crippen LogP contribution is 2.13. The summed E-state index contributed by atoms with van der Waals surface area (Å²) in [6.45, 7) is 1.82. The largest absolute Gasteiger partial charge is 0.469 e. The molecule has 3 nitrogen and oxygen atoms in total. The Morgan fingerprint density at radius 3 is 2.88 bits per heavy atom. The van der Waals surface area contributed by atoms with Crippen LogP contribution >= 0.6 is 15.9 Å². The lowest BCUT2D eigenvalue weighted by Crippen LogP contribution is -2.02. The number of hydrogen-bond donors (Lipinski definition) is 0. The van der Waals surface area contributed by atoms with Crippen molar-refractivity contribution >= 4 is 21.7 Å². The molecule has 0 aromatic carbocycles. The van der Waals surface area contributed by atoms with E-state index in [4.69, 9.17) is 4.42 Å². The minimum absolute atomic E-state index is 0.0387. The molecule has 4 heteroatoms. The molecule has 82 valence electrons. The Morgan fingerprint density at radius 1 is 1.44 bits per heavy atom. The summed E-state index contributed by atoms with van der Waals surface area (Å²) in [5.74, 6) is 0.785. The number of ketones is 1. The molecule has 2 aromatic heterocycles. The van der Waals surface area contributed by atoms with Gasteiger partial charge >= 0.3 is 0 Å². The van der Waals surface area contributed by atoms with Gasteiger partial charge in [-0.05, 0) is 40.5 Å². The second kappa shape index (κ2) is 4.61. The monoisotopic (exact) mass is 279 g/mol. The van der Waals surface area contributed by atoms with Crippen LogP contribution in [-0.2, 0) is 6.42 Å². The van der Waals surface area contributed by atoms with Crippen LogP contribution in [-0.4, -0.2) is 10.8 Å². The molecule has 0 aliphatic heterocycles. The maximum atomic E-state index is 11.8. The zero-order valence-electron chi connectivity index (χ0n) is 8.74. The Balaban J connectivity index is 2.13. The molecule has 0 saturated heterocycles. The number of carbonyl (C=O) groups is 1. The van der Waals surface area contributed by atoms with Crippen LogP contribution in [0.4, 0.5) is 0 Å². The molecule has 2 heterocycles. The topological polar surface area (TPSA) is 43.1 Å². The van der Waals surface area contributed by atoms with Crippen LogP contribution in [0, 0.1) is 6.92 Å². The molecule has 16 heavy (non-hydrogen) atoms. The van der Waals surface area contributed by atoms with E-state index in [0.717, 1.165) is 15.8 Å². The Bertz CT molecular complexity index is 519. The molecule has 2 rings (SSSR count). The van der Waals surface area contributed by atoms with Crippen LogP contribution in [0.25, 0.3) is 0 Å². The SMILES string of the molecule is Cc1cc(C(=O)Cc2cncc(Br)c2)co1. The van der Waals surface area contributed by atoms with Gasteiger partial charge in [0.15, 0.2) is 5.78 Å². The number of pyridine rings is 1. The van der Waals surface area contributed by atoms with E-state index in [-0.39, 0.29) is 5.78 Å². The number of hydrogen-bond acceptors (Lipinski definition) is 3. The highest BCUT2D eigenvalue weighted by Gasteiger charge is 2.10. The summed E-state index contributed by atoms with van der Waals surface area (Å²) in [6.07, 6.45) is 5.21. The van der Waals surface area contributed by atoms with Crippen LogP contribution in [0.15, 0.2) is 39.7 Å². The lowest BCUT2D eigenvalue weighted by atomic mass is 10.1. The predicted octanol–water partition coefficient (Wildman–Crippen LogP) is 3.17. The number of aryl methyl sites for hydroxylation is 1. The molecule has 0 amide bonds. The van der Waals surface area contributed by atoms with Crippen molar-refractivity contribution in [1.29, 1.82) is 0 Å². The third kappa shape index (κ3) is 2.58.